The first-order valence-electron chi connectivity index (χ1n) is 5.34. The Balaban J connectivity index is 2.21. The van der Waals surface area contributed by atoms with Crippen LogP contribution in [0.5, 0.6) is 0 Å². The summed E-state index contributed by atoms with van der Waals surface area (Å²) in [7, 11) is 0. The van der Waals surface area contributed by atoms with Crippen LogP contribution in [0.1, 0.15) is 12.6 Å². The third kappa shape index (κ3) is 2.53. The minimum atomic E-state index is -0.273. The fourth-order valence-corrected chi connectivity index (χ4v) is 1.63. The Morgan fingerprint density at radius 2 is 2.29 bits per heavy atom. The molecule has 0 saturated carbocycles. The fourth-order valence-electron chi connectivity index (χ4n) is 1.63. The van der Waals surface area contributed by atoms with Gasteiger partial charge in [0.05, 0.1) is 31.1 Å². The molecule has 94 valence electrons. The SMILES string of the molecule is CC(=O)Nc1on[n+](N2CCOCC2)c1CO. The molecule has 2 N–H and O–H groups in total. The molecule has 1 aromatic rings. The molecule has 17 heavy (non-hydrogen) atoms. The molecule has 0 bridgehead atoms. The molecule has 0 atom stereocenters. The Hall–Kier alpha value is -1.67. The largest absolute Gasteiger partial charge is 0.385 e. The van der Waals surface area contributed by atoms with E-state index in [0.29, 0.717) is 32.0 Å². The summed E-state index contributed by atoms with van der Waals surface area (Å²) in [4.78, 5) is 12.4. The molecular formula is C9H15N4O4+. The minimum absolute atomic E-state index is 0.173. The van der Waals surface area contributed by atoms with Gasteiger partial charge in [-0.3, -0.25) is 14.6 Å². The van der Waals surface area contributed by atoms with E-state index in [4.69, 9.17) is 9.26 Å². The van der Waals surface area contributed by atoms with Crippen molar-refractivity contribution in [2.75, 3.05) is 36.6 Å². The Kier molecular flexibility index (Phi) is 3.55. The van der Waals surface area contributed by atoms with Gasteiger partial charge >= 0.3 is 11.6 Å². The van der Waals surface area contributed by atoms with E-state index in [1.165, 1.54) is 11.7 Å². The Labute approximate surface area is 97.7 Å². The van der Waals surface area contributed by atoms with Crippen molar-refractivity contribution in [1.82, 2.24) is 5.27 Å². The number of ether oxygens (including phenoxy) is 1. The van der Waals surface area contributed by atoms with Crippen molar-refractivity contribution >= 4 is 11.8 Å². The maximum absolute atomic E-state index is 10.9. The number of aromatic nitrogens is 2. The number of hydrogen-bond acceptors (Lipinski definition) is 6. The van der Waals surface area contributed by atoms with E-state index in [1.807, 2.05) is 5.01 Å². The van der Waals surface area contributed by atoms with Gasteiger partial charge in [-0.25, -0.2) is 0 Å². The highest BCUT2D eigenvalue weighted by molar-refractivity contribution is 5.87. The van der Waals surface area contributed by atoms with Gasteiger partial charge in [0.2, 0.25) is 11.2 Å². The molecule has 8 nitrogen and oxygen atoms in total. The summed E-state index contributed by atoms with van der Waals surface area (Å²) < 4.78 is 10.2. The number of aliphatic hydroxyl groups excluding tert-OH is 1. The standard InChI is InChI=1S/C9H14N4O4/c1-7(15)10-9-8(6-14)13(11-17-9)12-2-4-16-5-3-12/h14H,2-6H2,1H3/p+1. The van der Waals surface area contributed by atoms with Crippen LogP contribution in [0.2, 0.25) is 0 Å². The molecule has 0 unspecified atom stereocenters. The van der Waals surface area contributed by atoms with Gasteiger partial charge in [0.15, 0.2) is 0 Å². The van der Waals surface area contributed by atoms with Gasteiger partial charge in [0, 0.05) is 6.92 Å². The molecule has 2 heterocycles. The van der Waals surface area contributed by atoms with Crippen LogP contribution in [0.25, 0.3) is 0 Å². The van der Waals surface area contributed by atoms with Crippen LogP contribution < -0.4 is 15.1 Å². The van der Waals surface area contributed by atoms with Crippen molar-refractivity contribution in [3.05, 3.63) is 5.69 Å². The van der Waals surface area contributed by atoms with Crippen LogP contribution in [-0.2, 0) is 16.1 Å². The monoisotopic (exact) mass is 243 g/mol. The van der Waals surface area contributed by atoms with Crippen LogP contribution in [0.3, 0.4) is 0 Å². The number of carbonyl (C=O) groups excluding carboxylic acids is 1. The first-order chi connectivity index (χ1) is 8.22. The quantitative estimate of drug-likeness (QED) is 0.620. The zero-order valence-corrected chi connectivity index (χ0v) is 9.55. The lowest BCUT2D eigenvalue weighted by Crippen LogP contribution is -2.64. The number of nitrogens with one attached hydrogen (secondary N) is 1. The molecule has 1 aliphatic rings. The zero-order chi connectivity index (χ0) is 12.3. The van der Waals surface area contributed by atoms with E-state index in [2.05, 4.69) is 10.6 Å². The highest BCUT2D eigenvalue weighted by atomic mass is 16.5. The average molecular weight is 243 g/mol. The van der Waals surface area contributed by atoms with E-state index >= 15 is 0 Å². The number of hydrogen-bond donors (Lipinski definition) is 2. The molecule has 2 rings (SSSR count). The Morgan fingerprint density at radius 1 is 1.59 bits per heavy atom. The van der Waals surface area contributed by atoms with E-state index in [0.717, 1.165) is 0 Å². The summed E-state index contributed by atoms with van der Waals surface area (Å²) >= 11 is 0. The maximum atomic E-state index is 10.9. The van der Waals surface area contributed by atoms with Crippen LogP contribution >= 0.6 is 0 Å². The predicted molar refractivity (Wildman–Crippen MR) is 55.7 cm³/mol. The van der Waals surface area contributed by atoms with Crippen molar-refractivity contribution in [3.8, 4) is 0 Å². The predicted octanol–water partition coefficient (Wildman–Crippen LogP) is -1.62. The zero-order valence-electron chi connectivity index (χ0n) is 9.55. The smallest absolute Gasteiger partial charge is 0.333 e. The third-order valence-corrected chi connectivity index (χ3v) is 2.41. The number of amides is 1. The number of morpholine rings is 1. The fraction of sp³-hybridized carbons (Fsp3) is 0.667. The van der Waals surface area contributed by atoms with Crippen LogP contribution in [0.4, 0.5) is 5.88 Å². The molecule has 1 saturated heterocycles. The van der Waals surface area contributed by atoms with Crippen molar-refractivity contribution in [3.63, 3.8) is 0 Å². The Bertz CT molecular complexity index is 400. The van der Waals surface area contributed by atoms with Gasteiger partial charge < -0.3 is 9.84 Å². The lowest BCUT2D eigenvalue weighted by molar-refractivity contribution is -0.767. The van der Waals surface area contributed by atoms with Crippen LogP contribution in [0, 0.1) is 0 Å². The van der Waals surface area contributed by atoms with Gasteiger partial charge in [-0.05, 0) is 0 Å². The average Bonchev–Trinajstić information content (AvgIpc) is 2.72. The van der Waals surface area contributed by atoms with E-state index < -0.39 is 0 Å². The second-order valence-corrected chi connectivity index (χ2v) is 3.64. The van der Waals surface area contributed by atoms with E-state index in [9.17, 15) is 9.90 Å². The molecule has 0 radical (unpaired) electrons. The first-order valence-corrected chi connectivity index (χ1v) is 5.34. The molecule has 8 heteroatoms. The highest BCUT2D eigenvalue weighted by Gasteiger charge is 2.31. The Morgan fingerprint density at radius 3 is 2.88 bits per heavy atom. The molecule has 0 spiro atoms. The second-order valence-electron chi connectivity index (χ2n) is 3.64. The summed E-state index contributed by atoms with van der Waals surface area (Å²) in [6.45, 7) is 3.60. The topological polar surface area (TPSA) is 91.7 Å². The molecule has 1 amide bonds. The lowest BCUT2D eigenvalue weighted by Gasteiger charge is -2.19. The van der Waals surface area contributed by atoms with Gasteiger partial charge in [-0.2, -0.15) is 0 Å². The van der Waals surface area contributed by atoms with Gasteiger partial charge in [-0.1, -0.05) is 0 Å². The van der Waals surface area contributed by atoms with Gasteiger partial charge in [0.25, 0.3) is 0 Å². The maximum Gasteiger partial charge on any atom is 0.333 e. The number of nitrogens with zero attached hydrogens (tertiary/aromatic N) is 3. The summed E-state index contributed by atoms with van der Waals surface area (Å²) in [6.07, 6.45) is 0. The van der Waals surface area contributed by atoms with Crippen LogP contribution in [0.15, 0.2) is 4.52 Å². The number of rotatable bonds is 3. The minimum Gasteiger partial charge on any atom is -0.385 e. The van der Waals surface area contributed by atoms with E-state index in [-0.39, 0.29) is 18.4 Å². The highest BCUT2D eigenvalue weighted by Crippen LogP contribution is 2.10. The molecule has 1 aromatic heterocycles. The number of anilines is 1. The third-order valence-electron chi connectivity index (χ3n) is 2.41. The summed E-state index contributed by atoms with van der Waals surface area (Å²) in [5, 5.41) is 17.5. The molecule has 1 fully saturated rings. The first kappa shape index (κ1) is 11.8. The number of aliphatic hydroxyl groups is 1. The van der Waals surface area contributed by atoms with Crippen molar-refractivity contribution in [2.45, 2.75) is 13.5 Å². The lowest BCUT2D eigenvalue weighted by atomic mass is 10.4. The van der Waals surface area contributed by atoms with E-state index in [1.54, 1.807) is 0 Å². The van der Waals surface area contributed by atoms with Crippen molar-refractivity contribution in [1.29, 1.82) is 0 Å². The molecule has 1 aliphatic heterocycles. The summed E-state index contributed by atoms with van der Waals surface area (Å²) in [6, 6.07) is 0. The summed E-state index contributed by atoms with van der Waals surface area (Å²) in [5.41, 5.74) is 0.419. The molecule has 0 aliphatic carbocycles. The van der Waals surface area contributed by atoms with Crippen molar-refractivity contribution in [2.24, 2.45) is 0 Å². The normalized spacial score (nSPS) is 16.0. The van der Waals surface area contributed by atoms with Gasteiger partial charge in [-0.15, -0.1) is 5.01 Å². The van der Waals surface area contributed by atoms with Crippen LogP contribution in [-0.4, -0.2) is 42.6 Å². The summed E-state index contributed by atoms with van der Waals surface area (Å²) in [5.74, 6) is -0.100. The number of carbonyl (C=O) groups is 1. The molecule has 0 aromatic carbocycles. The van der Waals surface area contributed by atoms with Gasteiger partial charge in [0.1, 0.15) is 6.61 Å². The van der Waals surface area contributed by atoms with Crippen molar-refractivity contribution < 1.29 is 24.0 Å². The molecular weight excluding hydrogens is 228 g/mol. The second kappa shape index (κ2) is 5.11.